The highest BCUT2D eigenvalue weighted by atomic mass is 35.5. The SMILES string of the molecule is CC[C@H](C)[C@H]1CN[C@@H](CC(C)C)C(C)NCC2[C@@H](C(=O)N3CCCCC3)C(C)N2[C@@H](C2CCCC2)C(C)NC2(CCCC2)CNCCNC=CC(CCc2ccc(OC(F)(F)F)c(Cl)c2)=NC=CN(C)C=C(CC2CCCCC2)N(C)C=C2CCCN2[C@@H](C)C(C)N1. The van der Waals surface area contributed by atoms with Crippen LogP contribution in [0, 0.1) is 29.6 Å². The Balaban J connectivity index is 1.09. The van der Waals surface area contributed by atoms with Gasteiger partial charge < -0.3 is 56.2 Å². The van der Waals surface area contributed by atoms with Gasteiger partial charge in [-0.1, -0.05) is 110 Å². The zero-order chi connectivity index (χ0) is 66.0. The molecule has 6 fully saturated rings. The molecule has 8 rings (SSSR count). The Labute approximate surface area is 560 Å². The van der Waals surface area contributed by atoms with Gasteiger partial charge in [0.2, 0.25) is 5.91 Å². The second-order valence-electron chi connectivity index (χ2n) is 29.9. The summed E-state index contributed by atoms with van der Waals surface area (Å²) in [4.78, 5) is 32.2. The van der Waals surface area contributed by atoms with Crippen molar-refractivity contribution >= 4 is 23.2 Å². The van der Waals surface area contributed by atoms with Crippen LogP contribution in [-0.2, 0) is 11.2 Å². The van der Waals surface area contributed by atoms with Crippen LogP contribution in [0.25, 0.3) is 0 Å². The van der Waals surface area contributed by atoms with Crippen LogP contribution in [0.3, 0.4) is 0 Å². The summed E-state index contributed by atoms with van der Waals surface area (Å²) >= 11 is 6.33. The van der Waals surface area contributed by atoms with Crippen LogP contribution in [0.2, 0.25) is 5.02 Å². The zero-order valence-electron chi connectivity index (χ0n) is 58.7. The number of alkyl halides is 3. The van der Waals surface area contributed by atoms with E-state index in [1.807, 2.05) is 24.7 Å². The van der Waals surface area contributed by atoms with Crippen LogP contribution in [-0.4, -0.2) is 169 Å². The maximum atomic E-state index is 15.0. The molecule has 11 atom stereocenters. The molecule has 3 saturated heterocycles. The van der Waals surface area contributed by atoms with E-state index in [-0.39, 0.29) is 64.8 Å². The summed E-state index contributed by atoms with van der Waals surface area (Å²) in [7, 11) is 4.31. The van der Waals surface area contributed by atoms with Gasteiger partial charge in [0.25, 0.3) is 0 Å². The fourth-order valence-electron chi connectivity index (χ4n) is 16.9. The number of piperidine rings is 1. The first-order valence-corrected chi connectivity index (χ1v) is 37.1. The summed E-state index contributed by atoms with van der Waals surface area (Å²) in [5.41, 5.74) is 4.25. The summed E-state index contributed by atoms with van der Waals surface area (Å²) < 4.78 is 43.6. The molecule has 1 aromatic carbocycles. The monoisotopic (exact) mass is 1300 g/mol. The second-order valence-corrected chi connectivity index (χ2v) is 30.3. The van der Waals surface area contributed by atoms with Crippen molar-refractivity contribution in [2.24, 2.45) is 34.6 Å². The number of amides is 1. The van der Waals surface area contributed by atoms with Crippen LogP contribution in [0.4, 0.5) is 13.2 Å². The number of rotatable bonds is 12. The third kappa shape index (κ3) is 21.3. The fourth-order valence-corrected chi connectivity index (χ4v) is 17.1. The van der Waals surface area contributed by atoms with E-state index in [2.05, 4.69) is 150 Å². The smallest absolute Gasteiger partial charge is 0.404 e. The van der Waals surface area contributed by atoms with Crippen LogP contribution in [0.1, 0.15) is 209 Å². The van der Waals surface area contributed by atoms with E-state index in [1.54, 1.807) is 12.1 Å². The first kappa shape index (κ1) is 74.0. The molecule has 1 aromatic rings. The molecule has 1 spiro atoms. The van der Waals surface area contributed by atoms with Gasteiger partial charge in [-0.25, -0.2) is 0 Å². The first-order valence-electron chi connectivity index (χ1n) is 36.7. The van der Waals surface area contributed by atoms with Crippen LogP contribution >= 0.6 is 11.6 Å². The number of hydrogen-bond donors (Lipinski definition) is 6. The number of aryl methyl sites for hydroxylation is 1. The molecule has 1 amide bonds. The number of allylic oxidation sites excluding steroid dienone is 3. The molecular formula is C74H124ClF3N12O2. The Morgan fingerprint density at radius 2 is 1.53 bits per heavy atom. The number of aliphatic imine (C=N–C) groups is 1. The van der Waals surface area contributed by atoms with Crippen molar-refractivity contribution in [3.05, 3.63) is 77.3 Å². The van der Waals surface area contributed by atoms with Crippen molar-refractivity contribution in [2.75, 3.05) is 66.5 Å². The number of halogens is 4. The lowest BCUT2D eigenvalue weighted by Crippen LogP contribution is -2.76. The fraction of sp³-hybridized carbons (Fsp3) is 0.784. The lowest BCUT2D eigenvalue weighted by molar-refractivity contribution is -0.274. The highest BCUT2D eigenvalue weighted by molar-refractivity contribution is 6.32. The van der Waals surface area contributed by atoms with E-state index >= 15 is 0 Å². The summed E-state index contributed by atoms with van der Waals surface area (Å²) in [5.74, 6) is 2.15. The van der Waals surface area contributed by atoms with Crippen molar-refractivity contribution in [3.8, 4) is 5.75 Å². The maximum absolute atomic E-state index is 15.0. The Bertz CT molecular complexity index is 2560. The number of carbonyl (C=O) groups is 1. The molecule has 5 unspecified atom stereocenters. The number of ether oxygens (including phenoxy) is 1. The van der Waals surface area contributed by atoms with Crippen molar-refractivity contribution in [3.63, 3.8) is 0 Å². The number of nitrogens with zero attached hydrogens (tertiary/aromatic N) is 6. The summed E-state index contributed by atoms with van der Waals surface area (Å²) in [6.45, 7) is 28.4. The molecule has 0 aromatic heterocycles. The van der Waals surface area contributed by atoms with Gasteiger partial charge >= 0.3 is 6.36 Å². The average molecular weight is 1310 g/mol. The molecule has 520 valence electrons. The Hall–Kier alpha value is -3.84. The molecule has 0 bridgehead atoms. The number of benzene rings is 1. The predicted octanol–water partition coefficient (Wildman–Crippen LogP) is 13.7. The summed E-state index contributed by atoms with van der Waals surface area (Å²) in [5, 5.41) is 24.4. The molecule has 4 heterocycles. The normalized spacial score (nSPS) is 30.5. The molecule has 6 N–H and O–H groups in total. The Kier molecular flexibility index (Phi) is 28.9. The van der Waals surface area contributed by atoms with E-state index in [0.717, 1.165) is 121 Å². The first-order chi connectivity index (χ1) is 44.1. The molecule has 0 radical (unpaired) electrons. The molecule has 7 aliphatic rings. The second kappa shape index (κ2) is 35.9. The number of likely N-dealkylation sites (tertiary alicyclic amines) is 1. The van der Waals surface area contributed by atoms with Crippen molar-refractivity contribution in [1.29, 1.82) is 0 Å². The van der Waals surface area contributed by atoms with Gasteiger partial charge in [-0.15, -0.1) is 13.2 Å². The highest BCUT2D eigenvalue weighted by Gasteiger charge is 2.56. The van der Waals surface area contributed by atoms with Gasteiger partial charge in [0.05, 0.1) is 10.9 Å². The molecule has 92 heavy (non-hydrogen) atoms. The van der Waals surface area contributed by atoms with Gasteiger partial charge in [0.1, 0.15) is 5.75 Å². The molecule has 18 heteroatoms. The maximum Gasteiger partial charge on any atom is 0.573 e. The van der Waals surface area contributed by atoms with Gasteiger partial charge in [-0.05, 0) is 172 Å². The van der Waals surface area contributed by atoms with Crippen LogP contribution < -0.4 is 36.6 Å². The van der Waals surface area contributed by atoms with Gasteiger partial charge in [0, 0.05) is 168 Å². The van der Waals surface area contributed by atoms with Crippen LogP contribution in [0.5, 0.6) is 5.75 Å². The van der Waals surface area contributed by atoms with Gasteiger partial charge in [-0.2, -0.15) is 0 Å². The van der Waals surface area contributed by atoms with Gasteiger partial charge in [-0.3, -0.25) is 14.7 Å². The minimum absolute atomic E-state index is 0.0234. The standard InChI is InChI=1S/C74H124ClF3N12O2/c1-12-53(4)67-47-83-66(44-52(2)3)55(6)82-48-68-70(72(91)88-40-21-14-22-41-88)58(9)90(68)71(61-26-17-18-27-61)56(7)85-73(34-19-20-35-73)51-80-38-37-79-36-33-62(31-29-60-30-32-69(65(75)46-60)92-74(76,77)78)81-39-43-86(10)49-64(45-59-24-15-13-16-25-59)87(11)50-63-28-23-42-89(63)57(8)54(5)84-67/h30,32-33,36,39,43,46,49-50,52-59,61,66-68,70-71,79-80,82-85H,12-29,31,34-35,37-38,40-42,44-45,47-48,51H2,1-11H3/t53-,54?,55?,56?,57-,58?,66-,67+,68?,70-,71+/m0/s1. The molecule has 3 aliphatic carbocycles. The molecule has 14 nitrogen and oxygen atoms in total. The summed E-state index contributed by atoms with van der Waals surface area (Å²) in [6, 6.07) is 6.61. The largest absolute Gasteiger partial charge is 0.573 e. The quantitative estimate of drug-likeness (QED) is 0.119. The predicted molar refractivity (Wildman–Crippen MR) is 374 cm³/mol. The Morgan fingerprint density at radius 1 is 0.815 bits per heavy atom. The number of hydrogen-bond acceptors (Lipinski definition) is 13. The lowest BCUT2D eigenvalue weighted by atomic mass is 9.74. The van der Waals surface area contributed by atoms with E-state index in [0.29, 0.717) is 48.5 Å². The van der Waals surface area contributed by atoms with E-state index in [4.69, 9.17) is 16.6 Å². The molecule has 3 saturated carbocycles. The minimum atomic E-state index is -4.83. The van der Waals surface area contributed by atoms with Crippen molar-refractivity contribution in [1.82, 2.24) is 56.4 Å². The highest BCUT2D eigenvalue weighted by Crippen LogP contribution is 2.44. The zero-order valence-corrected chi connectivity index (χ0v) is 59.5. The van der Waals surface area contributed by atoms with E-state index in [9.17, 15) is 18.0 Å². The van der Waals surface area contributed by atoms with E-state index < -0.39 is 12.1 Å². The topological polar surface area (TPSA) is 127 Å². The third-order valence-electron chi connectivity index (χ3n) is 22.5. The van der Waals surface area contributed by atoms with Gasteiger partial charge in [0.15, 0.2) is 0 Å². The number of nitrogens with one attached hydrogen (secondary N) is 6. The van der Waals surface area contributed by atoms with Crippen molar-refractivity contribution in [2.45, 2.75) is 276 Å². The molecular weight excluding hydrogens is 1180 g/mol. The third-order valence-corrected chi connectivity index (χ3v) is 22.8. The lowest BCUT2D eigenvalue weighted by Gasteiger charge is -2.60. The van der Waals surface area contributed by atoms with Crippen LogP contribution in [0.15, 0.2) is 71.7 Å². The summed E-state index contributed by atoms with van der Waals surface area (Å²) in [6.07, 6.45) is 33.6. The van der Waals surface area contributed by atoms with E-state index in [1.165, 1.54) is 94.5 Å². The molecule has 4 aliphatic heterocycles. The number of fused-ring (bicyclic) bond motifs is 2. The number of carbonyl (C=O) groups excluding carboxylic acids is 1. The minimum Gasteiger partial charge on any atom is -0.404 e. The van der Waals surface area contributed by atoms with Crippen molar-refractivity contribution < 1.29 is 22.7 Å². The average Bonchev–Trinajstić information content (AvgIpc) is 0.868. The Morgan fingerprint density at radius 3 is 2.23 bits per heavy atom.